The van der Waals surface area contributed by atoms with Crippen molar-refractivity contribution >= 4 is 45.8 Å². The van der Waals surface area contributed by atoms with E-state index < -0.39 is 0 Å². The van der Waals surface area contributed by atoms with Crippen molar-refractivity contribution in [2.45, 2.75) is 12.3 Å². The number of imidazole rings is 1. The summed E-state index contributed by atoms with van der Waals surface area (Å²) in [6.45, 7) is 1.88. The van der Waals surface area contributed by atoms with Crippen LogP contribution < -0.4 is 0 Å². The Labute approximate surface area is 131 Å². The van der Waals surface area contributed by atoms with E-state index in [1.807, 2.05) is 54.0 Å². The van der Waals surface area contributed by atoms with Crippen molar-refractivity contribution in [2.75, 3.05) is 0 Å². The number of rotatable bonds is 2. The molecule has 0 radical (unpaired) electrons. The molecule has 0 amide bonds. The smallest absolute Gasteiger partial charge is 0.132 e. The van der Waals surface area contributed by atoms with Gasteiger partial charge < -0.3 is 0 Å². The Hall–Kier alpha value is -1.22. The standard InChI is InChI=1S/C15H11Cl3N2/c1-9(16)15-19-12-7-4-6-11(18)14(12)20(15)13-8-3-2-5-10(13)17/h2-9H,1H3. The molecular weight excluding hydrogens is 315 g/mol. The van der Waals surface area contributed by atoms with Gasteiger partial charge in [0.25, 0.3) is 0 Å². The molecule has 3 aromatic rings. The lowest BCUT2D eigenvalue weighted by Gasteiger charge is -2.12. The third-order valence-electron chi connectivity index (χ3n) is 3.10. The Morgan fingerprint density at radius 3 is 2.40 bits per heavy atom. The second-order valence-corrected chi connectivity index (χ2v) is 5.95. The van der Waals surface area contributed by atoms with Crippen LogP contribution in [0.2, 0.25) is 10.0 Å². The van der Waals surface area contributed by atoms with E-state index in [9.17, 15) is 0 Å². The van der Waals surface area contributed by atoms with Gasteiger partial charge in [-0.25, -0.2) is 4.98 Å². The maximum absolute atomic E-state index is 6.34. The largest absolute Gasteiger partial charge is 0.292 e. The Bertz CT molecular complexity index is 778. The predicted molar refractivity (Wildman–Crippen MR) is 85.4 cm³/mol. The lowest BCUT2D eigenvalue weighted by molar-refractivity contribution is 0.883. The Morgan fingerprint density at radius 2 is 1.70 bits per heavy atom. The molecule has 0 spiro atoms. The maximum atomic E-state index is 6.34. The molecule has 0 aliphatic carbocycles. The van der Waals surface area contributed by atoms with Crippen LogP contribution in [0.3, 0.4) is 0 Å². The highest BCUT2D eigenvalue weighted by atomic mass is 35.5. The lowest BCUT2D eigenvalue weighted by atomic mass is 10.2. The normalized spacial score (nSPS) is 12.8. The van der Waals surface area contributed by atoms with E-state index in [2.05, 4.69) is 4.98 Å². The molecule has 5 heteroatoms. The number of nitrogens with zero attached hydrogens (tertiary/aromatic N) is 2. The third kappa shape index (κ3) is 2.18. The summed E-state index contributed by atoms with van der Waals surface area (Å²) in [5.41, 5.74) is 2.46. The zero-order valence-corrected chi connectivity index (χ0v) is 12.9. The summed E-state index contributed by atoms with van der Waals surface area (Å²) in [6, 6.07) is 13.2. The Balaban J connectivity index is 2.44. The van der Waals surface area contributed by atoms with Gasteiger partial charge in [-0.1, -0.05) is 41.4 Å². The van der Waals surface area contributed by atoms with E-state index in [-0.39, 0.29) is 5.38 Å². The van der Waals surface area contributed by atoms with E-state index in [0.717, 1.165) is 22.5 Å². The van der Waals surface area contributed by atoms with Crippen LogP contribution in [0.5, 0.6) is 0 Å². The summed E-state index contributed by atoms with van der Waals surface area (Å²) in [5.74, 6) is 0.725. The first-order valence-corrected chi connectivity index (χ1v) is 7.34. The fraction of sp³-hybridized carbons (Fsp3) is 0.133. The molecule has 0 N–H and O–H groups in total. The number of aromatic nitrogens is 2. The molecular formula is C15H11Cl3N2. The first kappa shape index (κ1) is 13.7. The van der Waals surface area contributed by atoms with Crippen molar-refractivity contribution < 1.29 is 0 Å². The third-order valence-corrected chi connectivity index (χ3v) is 3.92. The van der Waals surface area contributed by atoms with Crippen LogP contribution in [-0.2, 0) is 0 Å². The monoisotopic (exact) mass is 324 g/mol. The average molecular weight is 326 g/mol. The quantitative estimate of drug-likeness (QED) is 0.558. The van der Waals surface area contributed by atoms with Crippen LogP contribution >= 0.6 is 34.8 Å². The van der Waals surface area contributed by atoms with Crippen molar-refractivity contribution in [3.63, 3.8) is 0 Å². The van der Waals surface area contributed by atoms with Crippen molar-refractivity contribution in [3.8, 4) is 5.69 Å². The molecule has 0 aliphatic rings. The van der Waals surface area contributed by atoms with E-state index in [4.69, 9.17) is 34.8 Å². The summed E-state index contributed by atoms with van der Waals surface area (Å²) in [5, 5.41) is 0.999. The minimum atomic E-state index is -0.255. The van der Waals surface area contributed by atoms with Gasteiger partial charge in [-0.05, 0) is 31.2 Å². The van der Waals surface area contributed by atoms with Crippen LogP contribution in [-0.4, -0.2) is 9.55 Å². The van der Waals surface area contributed by atoms with Crippen LogP contribution in [0.15, 0.2) is 42.5 Å². The maximum Gasteiger partial charge on any atom is 0.132 e. The summed E-state index contributed by atoms with van der Waals surface area (Å²) in [4.78, 5) is 4.58. The molecule has 102 valence electrons. The predicted octanol–water partition coefficient (Wildman–Crippen LogP) is 5.63. The minimum Gasteiger partial charge on any atom is -0.292 e. The number of benzene rings is 2. The molecule has 0 aliphatic heterocycles. The van der Waals surface area contributed by atoms with Crippen LogP contribution in [0.25, 0.3) is 16.7 Å². The Kier molecular flexibility index (Phi) is 3.63. The molecule has 0 bridgehead atoms. The number of para-hydroxylation sites is 2. The fourth-order valence-corrected chi connectivity index (χ4v) is 2.87. The minimum absolute atomic E-state index is 0.255. The van der Waals surface area contributed by atoms with Gasteiger partial charge in [0, 0.05) is 0 Å². The van der Waals surface area contributed by atoms with Crippen molar-refractivity contribution in [1.82, 2.24) is 9.55 Å². The molecule has 0 saturated heterocycles. The molecule has 1 aromatic heterocycles. The van der Waals surface area contributed by atoms with Gasteiger partial charge in [0.05, 0.1) is 32.1 Å². The topological polar surface area (TPSA) is 17.8 Å². The van der Waals surface area contributed by atoms with Gasteiger partial charge in [0.2, 0.25) is 0 Å². The fourth-order valence-electron chi connectivity index (χ4n) is 2.25. The summed E-state index contributed by atoms with van der Waals surface area (Å²) in [6.07, 6.45) is 0. The highest BCUT2D eigenvalue weighted by Gasteiger charge is 2.19. The summed E-state index contributed by atoms with van der Waals surface area (Å²) < 4.78 is 1.93. The highest BCUT2D eigenvalue weighted by molar-refractivity contribution is 6.35. The SMILES string of the molecule is CC(Cl)c1nc2cccc(Cl)c2n1-c1ccccc1Cl. The average Bonchev–Trinajstić information content (AvgIpc) is 2.80. The van der Waals surface area contributed by atoms with Crippen molar-refractivity contribution in [1.29, 1.82) is 0 Å². The zero-order valence-electron chi connectivity index (χ0n) is 10.6. The number of halogens is 3. The van der Waals surface area contributed by atoms with E-state index in [1.165, 1.54) is 0 Å². The first-order chi connectivity index (χ1) is 9.59. The molecule has 0 fully saturated rings. The zero-order chi connectivity index (χ0) is 14.3. The molecule has 0 saturated carbocycles. The molecule has 2 nitrogen and oxygen atoms in total. The molecule has 1 atom stereocenters. The molecule has 3 rings (SSSR count). The number of fused-ring (bicyclic) bond motifs is 1. The van der Waals surface area contributed by atoms with Crippen molar-refractivity contribution in [2.24, 2.45) is 0 Å². The van der Waals surface area contributed by atoms with E-state index in [1.54, 1.807) is 0 Å². The van der Waals surface area contributed by atoms with Gasteiger partial charge in [-0.15, -0.1) is 11.6 Å². The van der Waals surface area contributed by atoms with Crippen LogP contribution in [0, 0.1) is 0 Å². The summed E-state index contributed by atoms with van der Waals surface area (Å²) in [7, 11) is 0. The Morgan fingerprint density at radius 1 is 1.00 bits per heavy atom. The van der Waals surface area contributed by atoms with Crippen LogP contribution in [0.4, 0.5) is 0 Å². The summed E-state index contributed by atoms with van der Waals surface area (Å²) >= 11 is 18.9. The highest BCUT2D eigenvalue weighted by Crippen LogP contribution is 2.34. The van der Waals surface area contributed by atoms with E-state index in [0.29, 0.717) is 10.0 Å². The second-order valence-electron chi connectivity index (χ2n) is 4.48. The first-order valence-electron chi connectivity index (χ1n) is 6.15. The van der Waals surface area contributed by atoms with Gasteiger partial charge in [-0.2, -0.15) is 0 Å². The number of alkyl halides is 1. The molecule has 20 heavy (non-hydrogen) atoms. The number of hydrogen-bond acceptors (Lipinski definition) is 1. The lowest BCUT2D eigenvalue weighted by Crippen LogP contribution is -2.02. The second kappa shape index (κ2) is 5.28. The van der Waals surface area contributed by atoms with Crippen LogP contribution in [0.1, 0.15) is 18.1 Å². The van der Waals surface area contributed by atoms with Crippen molar-refractivity contribution in [3.05, 3.63) is 58.3 Å². The molecule has 1 heterocycles. The van der Waals surface area contributed by atoms with Gasteiger partial charge in [0.1, 0.15) is 5.82 Å². The van der Waals surface area contributed by atoms with Gasteiger partial charge in [0.15, 0.2) is 0 Å². The molecule has 1 unspecified atom stereocenters. The number of hydrogen-bond donors (Lipinski definition) is 0. The van der Waals surface area contributed by atoms with Gasteiger partial charge >= 0.3 is 0 Å². The van der Waals surface area contributed by atoms with Gasteiger partial charge in [-0.3, -0.25) is 4.57 Å². The molecule has 2 aromatic carbocycles. The van der Waals surface area contributed by atoms with E-state index >= 15 is 0 Å².